The molecule has 1 aliphatic carbocycles. The van der Waals surface area contributed by atoms with Crippen LogP contribution in [0, 0.1) is 11.3 Å². The fraction of sp³-hybridized carbons (Fsp3) is 0.889. The lowest BCUT2D eigenvalue weighted by Crippen LogP contribution is -2.38. The van der Waals surface area contributed by atoms with Gasteiger partial charge in [0.25, 0.3) is 0 Å². The van der Waals surface area contributed by atoms with Crippen LogP contribution < -0.4 is 5.32 Å². The van der Waals surface area contributed by atoms with Crippen molar-refractivity contribution in [1.82, 2.24) is 5.32 Å². The first-order chi connectivity index (χ1) is 5.17. The number of amides is 1. The smallest absolute Gasteiger partial charge is 0.207 e. The molecular formula is C9H17NO. The molecular weight excluding hydrogens is 138 g/mol. The zero-order valence-corrected chi connectivity index (χ0v) is 7.39. The van der Waals surface area contributed by atoms with Gasteiger partial charge in [-0.2, -0.15) is 0 Å². The van der Waals surface area contributed by atoms with Gasteiger partial charge in [-0.05, 0) is 24.2 Å². The SMILES string of the molecule is CC(C)(CNC=O)C1CCC1. The quantitative estimate of drug-likeness (QED) is 0.613. The number of hydrogen-bond donors (Lipinski definition) is 1. The van der Waals surface area contributed by atoms with E-state index in [9.17, 15) is 4.79 Å². The maximum Gasteiger partial charge on any atom is 0.207 e. The van der Waals surface area contributed by atoms with Crippen LogP contribution in [-0.2, 0) is 4.79 Å². The van der Waals surface area contributed by atoms with Crippen LogP contribution in [0.15, 0.2) is 0 Å². The van der Waals surface area contributed by atoms with Gasteiger partial charge < -0.3 is 5.32 Å². The van der Waals surface area contributed by atoms with Gasteiger partial charge in [0.2, 0.25) is 6.41 Å². The van der Waals surface area contributed by atoms with Gasteiger partial charge >= 0.3 is 0 Å². The van der Waals surface area contributed by atoms with E-state index >= 15 is 0 Å². The van der Waals surface area contributed by atoms with Gasteiger partial charge in [0.15, 0.2) is 0 Å². The summed E-state index contributed by atoms with van der Waals surface area (Å²) in [7, 11) is 0. The summed E-state index contributed by atoms with van der Waals surface area (Å²) >= 11 is 0. The molecule has 1 aliphatic rings. The summed E-state index contributed by atoms with van der Waals surface area (Å²) in [5.41, 5.74) is 0.305. The predicted molar refractivity (Wildman–Crippen MR) is 45.2 cm³/mol. The Bertz CT molecular complexity index is 138. The molecule has 1 N–H and O–H groups in total. The summed E-state index contributed by atoms with van der Waals surface area (Å²) in [6.45, 7) is 5.28. The molecule has 1 saturated carbocycles. The highest BCUT2D eigenvalue weighted by atomic mass is 16.1. The topological polar surface area (TPSA) is 29.1 Å². The molecule has 0 unspecified atom stereocenters. The third-order valence-corrected chi connectivity index (χ3v) is 2.85. The maximum absolute atomic E-state index is 10.1. The molecule has 0 aromatic rings. The Morgan fingerprint density at radius 2 is 2.18 bits per heavy atom. The molecule has 0 radical (unpaired) electrons. The van der Waals surface area contributed by atoms with E-state index in [-0.39, 0.29) is 0 Å². The van der Waals surface area contributed by atoms with E-state index in [1.54, 1.807) is 0 Å². The fourth-order valence-electron chi connectivity index (χ4n) is 1.64. The number of nitrogens with one attached hydrogen (secondary N) is 1. The molecule has 0 atom stereocenters. The van der Waals surface area contributed by atoms with E-state index < -0.39 is 0 Å². The molecule has 1 fully saturated rings. The lowest BCUT2D eigenvalue weighted by atomic mass is 9.67. The molecule has 64 valence electrons. The van der Waals surface area contributed by atoms with E-state index in [0.29, 0.717) is 5.41 Å². The Morgan fingerprint density at radius 1 is 1.55 bits per heavy atom. The van der Waals surface area contributed by atoms with E-state index in [1.807, 2.05) is 0 Å². The average molecular weight is 155 g/mol. The maximum atomic E-state index is 10.1. The summed E-state index contributed by atoms with van der Waals surface area (Å²) in [4.78, 5) is 10.1. The van der Waals surface area contributed by atoms with Crippen molar-refractivity contribution in [3.8, 4) is 0 Å². The van der Waals surface area contributed by atoms with Crippen LogP contribution in [-0.4, -0.2) is 13.0 Å². The summed E-state index contributed by atoms with van der Waals surface area (Å²) in [5.74, 6) is 0.829. The van der Waals surface area contributed by atoms with Crippen LogP contribution in [0.2, 0.25) is 0 Å². The van der Waals surface area contributed by atoms with E-state index in [2.05, 4.69) is 19.2 Å². The monoisotopic (exact) mass is 155 g/mol. The highest BCUT2D eigenvalue weighted by Crippen LogP contribution is 2.40. The van der Waals surface area contributed by atoms with Crippen LogP contribution in [0.4, 0.5) is 0 Å². The molecule has 0 spiro atoms. The van der Waals surface area contributed by atoms with E-state index in [0.717, 1.165) is 18.9 Å². The molecule has 0 aliphatic heterocycles. The number of hydrogen-bond acceptors (Lipinski definition) is 1. The molecule has 0 bridgehead atoms. The molecule has 0 aromatic carbocycles. The fourth-order valence-corrected chi connectivity index (χ4v) is 1.64. The Balaban J connectivity index is 2.30. The van der Waals surface area contributed by atoms with Gasteiger partial charge in [0.05, 0.1) is 0 Å². The Morgan fingerprint density at radius 3 is 2.55 bits per heavy atom. The van der Waals surface area contributed by atoms with Gasteiger partial charge in [0.1, 0.15) is 0 Å². The van der Waals surface area contributed by atoms with Crippen LogP contribution in [0.5, 0.6) is 0 Å². The Labute approximate surface area is 68.4 Å². The molecule has 0 aromatic heterocycles. The van der Waals surface area contributed by atoms with Crippen molar-refractivity contribution in [3.63, 3.8) is 0 Å². The zero-order valence-electron chi connectivity index (χ0n) is 7.39. The average Bonchev–Trinajstić information content (AvgIpc) is 1.78. The summed E-state index contributed by atoms with van der Waals surface area (Å²) in [5, 5.41) is 2.76. The minimum Gasteiger partial charge on any atom is -0.358 e. The first-order valence-electron chi connectivity index (χ1n) is 4.34. The van der Waals surface area contributed by atoms with Gasteiger partial charge in [-0.25, -0.2) is 0 Å². The van der Waals surface area contributed by atoms with Gasteiger partial charge in [-0.3, -0.25) is 4.79 Å². The molecule has 1 rings (SSSR count). The van der Waals surface area contributed by atoms with Crippen molar-refractivity contribution in [1.29, 1.82) is 0 Å². The summed E-state index contributed by atoms with van der Waals surface area (Å²) in [6.07, 6.45) is 4.84. The van der Waals surface area contributed by atoms with Crippen LogP contribution in [0.25, 0.3) is 0 Å². The second-order valence-corrected chi connectivity index (χ2v) is 4.12. The van der Waals surface area contributed by atoms with Gasteiger partial charge in [-0.15, -0.1) is 0 Å². The molecule has 0 saturated heterocycles. The summed E-state index contributed by atoms with van der Waals surface area (Å²) < 4.78 is 0. The minimum atomic E-state index is 0.305. The largest absolute Gasteiger partial charge is 0.358 e. The number of rotatable bonds is 4. The van der Waals surface area contributed by atoms with Crippen molar-refractivity contribution in [2.75, 3.05) is 6.54 Å². The van der Waals surface area contributed by atoms with Crippen LogP contribution in [0.1, 0.15) is 33.1 Å². The van der Waals surface area contributed by atoms with Crippen molar-refractivity contribution in [2.45, 2.75) is 33.1 Å². The Kier molecular flexibility index (Phi) is 2.53. The number of carbonyl (C=O) groups is 1. The van der Waals surface area contributed by atoms with Gasteiger partial charge in [0, 0.05) is 6.54 Å². The van der Waals surface area contributed by atoms with Crippen LogP contribution >= 0.6 is 0 Å². The highest BCUT2D eigenvalue weighted by Gasteiger charge is 2.33. The second-order valence-electron chi connectivity index (χ2n) is 4.12. The predicted octanol–water partition coefficient (Wildman–Crippen LogP) is 1.56. The normalized spacial score (nSPS) is 19.1. The minimum absolute atomic E-state index is 0.305. The second kappa shape index (κ2) is 3.24. The molecule has 11 heavy (non-hydrogen) atoms. The van der Waals surface area contributed by atoms with Crippen molar-refractivity contribution in [2.24, 2.45) is 11.3 Å². The van der Waals surface area contributed by atoms with Crippen molar-refractivity contribution < 1.29 is 4.79 Å². The van der Waals surface area contributed by atoms with Crippen molar-refractivity contribution >= 4 is 6.41 Å². The lowest BCUT2D eigenvalue weighted by molar-refractivity contribution is -0.110. The third kappa shape index (κ3) is 1.95. The van der Waals surface area contributed by atoms with Crippen molar-refractivity contribution in [3.05, 3.63) is 0 Å². The Hall–Kier alpha value is -0.530. The summed E-state index contributed by atoms with van der Waals surface area (Å²) in [6, 6.07) is 0. The molecule has 2 heteroatoms. The lowest BCUT2D eigenvalue weighted by Gasteiger charge is -2.40. The van der Waals surface area contributed by atoms with Crippen LogP contribution in [0.3, 0.4) is 0 Å². The first kappa shape index (κ1) is 8.57. The van der Waals surface area contributed by atoms with E-state index in [4.69, 9.17) is 0 Å². The molecule has 1 amide bonds. The molecule has 2 nitrogen and oxygen atoms in total. The highest BCUT2D eigenvalue weighted by molar-refractivity contribution is 5.45. The number of carbonyl (C=O) groups excluding carboxylic acids is 1. The van der Waals surface area contributed by atoms with Gasteiger partial charge in [-0.1, -0.05) is 20.3 Å². The first-order valence-corrected chi connectivity index (χ1v) is 4.34. The molecule has 0 heterocycles. The zero-order chi connectivity index (χ0) is 8.32. The van der Waals surface area contributed by atoms with E-state index in [1.165, 1.54) is 19.3 Å². The standard InChI is InChI=1S/C9H17NO/c1-9(2,6-10-7-11)8-4-3-5-8/h7-8H,3-6H2,1-2H3,(H,10,11). The third-order valence-electron chi connectivity index (χ3n) is 2.85.